The van der Waals surface area contributed by atoms with Gasteiger partial charge in [-0.1, -0.05) is 0 Å². The van der Waals surface area contributed by atoms with Gasteiger partial charge in [-0.25, -0.2) is 0 Å². The lowest BCUT2D eigenvalue weighted by atomic mass is 9.91. The van der Waals surface area contributed by atoms with E-state index in [1.807, 2.05) is 6.92 Å². The summed E-state index contributed by atoms with van der Waals surface area (Å²) in [5.74, 6) is 0.553. The lowest BCUT2D eigenvalue weighted by molar-refractivity contribution is -0.142. The molecule has 0 aliphatic carbocycles. The van der Waals surface area contributed by atoms with E-state index in [2.05, 4.69) is 17.3 Å². The van der Waals surface area contributed by atoms with Crippen LogP contribution in [0.15, 0.2) is 0 Å². The molecule has 0 radical (unpaired) electrons. The van der Waals surface area contributed by atoms with Gasteiger partial charge in [-0.2, -0.15) is 0 Å². The van der Waals surface area contributed by atoms with Gasteiger partial charge in [0.2, 0.25) is 0 Å². The van der Waals surface area contributed by atoms with Crippen LogP contribution in [-0.4, -0.2) is 49.7 Å². The summed E-state index contributed by atoms with van der Waals surface area (Å²) in [6.45, 7) is 2.81. The zero-order valence-corrected chi connectivity index (χ0v) is 11.1. The predicted octanol–water partition coefficient (Wildman–Crippen LogP) is 1.01. The molecule has 3 atom stereocenters. The van der Waals surface area contributed by atoms with Crippen LogP contribution in [0.5, 0.6) is 0 Å². The number of nitrogens with zero attached hydrogens (tertiary/aromatic N) is 1. The molecule has 2 aliphatic rings. The molecule has 2 fully saturated rings. The minimum Gasteiger partial charge on any atom is -0.468 e. The van der Waals surface area contributed by atoms with Crippen molar-refractivity contribution in [3.8, 4) is 0 Å². The summed E-state index contributed by atoms with van der Waals surface area (Å²) in [4.78, 5) is 13.8. The van der Waals surface area contributed by atoms with Crippen molar-refractivity contribution in [2.45, 2.75) is 50.7 Å². The van der Waals surface area contributed by atoms with E-state index >= 15 is 0 Å². The molecule has 4 heteroatoms. The Morgan fingerprint density at radius 3 is 2.53 bits per heavy atom. The molecule has 0 aromatic heterocycles. The van der Waals surface area contributed by atoms with Crippen molar-refractivity contribution >= 4 is 5.97 Å². The average molecular weight is 240 g/mol. The second kappa shape index (κ2) is 5.36. The molecule has 2 saturated heterocycles. The van der Waals surface area contributed by atoms with E-state index in [9.17, 15) is 4.79 Å². The van der Waals surface area contributed by atoms with Crippen molar-refractivity contribution in [1.82, 2.24) is 10.2 Å². The predicted molar refractivity (Wildman–Crippen MR) is 66.8 cm³/mol. The summed E-state index contributed by atoms with van der Waals surface area (Å²) in [5.41, 5.74) is 0. The molecule has 17 heavy (non-hydrogen) atoms. The SMILES string of the molecule is COC(=O)C(C)NCC1CC2CCC(C1)N2C. The molecule has 2 rings (SSSR count). The summed E-state index contributed by atoms with van der Waals surface area (Å²) < 4.78 is 4.71. The Balaban J connectivity index is 1.76. The quantitative estimate of drug-likeness (QED) is 0.745. The summed E-state index contributed by atoms with van der Waals surface area (Å²) >= 11 is 0. The maximum atomic E-state index is 11.3. The van der Waals surface area contributed by atoms with Gasteiger partial charge in [0.05, 0.1) is 7.11 Å². The van der Waals surface area contributed by atoms with Gasteiger partial charge in [-0.15, -0.1) is 0 Å². The van der Waals surface area contributed by atoms with Gasteiger partial charge < -0.3 is 15.0 Å². The van der Waals surface area contributed by atoms with Crippen LogP contribution in [0.1, 0.15) is 32.6 Å². The number of esters is 1. The molecule has 2 heterocycles. The van der Waals surface area contributed by atoms with Crippen molar-refractivity contribution in [3.63, 3.8) is 0 Å². The lowest BCUT2D eigenvalue weighted by Gasteiger charge is -2.36. The van der Waals surface area contributed by atoms with Crippen LogP contribution in [0.25, 0.3) is 0 Å². The topological polar surface area (TPSA) is 41.6 Å². The van der Waals surface area contributed by atoms with Crippen molar-refractivity contribution < 1.29 is 9.53 Å². The van der Waals surface area contributed by atoms with Crippen molar-refractivity contribution in [1.29, 1.82) is 0 Å². The number of rotatable bonds is 4. The largest absolute Gasteiger partial charge is 0.468 e. The number of nitrogens with one attached hydrogen (secondary N) is 1. The Kier molecular flexibility index (Phi) is 4.05. The van der Waals surface area contributed by atoms with Crippen LogP contribution >= 0.6 is 0 Å². The normalized spacial score (nSPS) is 34.6. The minimum atomic E-state index is -0.183. The molecule has 98 valence electrons. The third-order valence-corrected chi connectivity index (χ3v) is 4.46. The van der Waals surface area contributed by atoms with E-state index in [0.29, 0.717) is 0 Å². The molecule has 3 unspecified atom stereocenters. The van der Waals surface area contributed by atoms with Crippen molar-refractivity contribution in [2.75, 3.05) is 20.7 Å². The van der Waals surface area contributed by atoms with Gasteiger partial charge in [-0.3, -0.25) is 4.79 Å². The molecule has 0 aromatic carbocycles. The molecule has 0 spiro atoms. The van der Waals surface area contributed by atoms with Crippen LogP contribution in [0, 0.1) is 5.92 Å². The van der Waals surface area contributed by atoms with E-state index in [1.165, 1.54) is 32.8 Å². The Hall–Kier alpha value is -0.610. The summed E-state index contributed by atoms with van der Waals surface area (Å²) in [7, 11) is 3.69. The third kappa shape index (κ3) is 2.80. The Bertz CT molecular complexity index is 269. The van der Waals surface area contributed by atoms with Gasteiger partial charge >= 0.3 is 5.97 Å². The molecule has 0 aromatic rings. The number of hydrogen-bond acceptors (Lipinski definition) is 4. The van der Waals surface area contributed by atoms with Crippen molar-refractivity contribution in [3.05, 3.63) is 0 Å². The Morgan fingerprint density at radius 1 is 1.41 bits per heavy atom. The molecule has 0 amide bonds. The lowest BCUT2D eigenvalue weighted by Crippen LogP contribution is -2.45. The highest BCUT2D eigenvalue weighted by Crippen LogP contribution is 2.36. The molecule has 1 N–H and O–H groups in total. The average Bonchev–Trinajstić information content (AvgIpc) is 2.57. The number of methoxy groups -OCH3 is 1. The number of carbonyl (C=O) groups is 1. The second-order valence-corrected chi connectivity index (χ2v) is 5.54. The fraction of sp³-hybridized carbons (Fsp3) is 0.923. The van der Waals surface area contributed by atoms with E-state index in [1.54, 1.807) is 0 Å². The molecule has 2 bridgehead atoms. The van der Waals surface area contributed by atoms with Crippen LogP contribution in [0.3, 0.4) is 0 Å². The summed E-state index contributed by atoms with van der Waals surface area (Å²) in [5, 5.41) is 3.29. The number of piperidine rings is 1. The highest BCUT2D eigenvalue weighted by atomic mass is 16.5. The first-order chi connectivity index (χ1) is 8.11. The standard InChI is InChI=1S/C13H24N2O2/c1-9(13(16)17-3)14-8-10-6-11-4-5-12(7-10)15(11)2/h9-12,14H,4-8H2,1-3H3. The van der Waals surface area contributed by atoms with Gasteiger partial charge in [0.15, 0.2) is 0 Å². The first-order valence-corrected chi connectivity index (χ1v) is 6.65. The van der Waals surface area contributed by atoms with Crippen LogP contribution < -0.4 is 5.32 Å². The molecule has 4 nitrogen and oxygen atoms in total. The van der Waals surface area contributed by atoms with Crippen LogP contribution in [0.2, 0.25) is 0 Å². The fourth-order valence-corrected chi connectivity index (χ4v) is 3.29. The smallest absolute Gasteiger partial charge is 0.322 e. The van der Waals surface area contributed by atoms with Crippen LogP contribution in [0.4, 0.5) is 0 Å². The first-order valence-electron chi connectivity index (χ1n) is 6.65. The maximum Gasteiger partial charge on any atom is 0.322 e. The number of fused-ring (bicyclic) bond motifs is 2. The zero-order chi connectivity index (χ0) is 12.4. The Morgan fingerprint density at radius 2 is 2.00 bits per heavy atom. The van der Waals surface area contributed by atoms with Crippen molar-refractivity contribution in [2.24, 2.45) is 5.92 Å². The van der Waals surface area contributed by atoms with Crippen LogP contribution in [-0.2, 0) is 9.53 Å². The van der Waals surface area contributed by atoms with E-state index in [0.717, 1.165) is 24.5 Å². The molecular weight excluding hydrogens is 216 g/mol. The van der Waals surface area contributed by atoms with E-state index in [-0.39, 0.29) is 12.0 Å². The number of hydrogen-bond donors (Lipinski definition) is 1. The summed E-state index contributed by atoms with van der Waals surface area (Å²) in [6.07, 6.45) is 5.25. The molecule has 0 saturated carbocycles. The van der Waals surface area contributed by atoms with Gasteiger partial charge in [0.25, 0.3) is 0 Å². The van der Waals surface area contributed by atoms with E-state index in [4.69, 9.17) is 4.74 Å². The number of ether oxygens (including phenoxy) is 1. The second-order valence-electron chi connectivity index (χ2n) is 5.54. The minimum absolute atomic E-state index is 0.166. The first kappa shape index (κ1) is 12.8. The van der Waals surface area contributed by atoms with Gasteiger partial charge in [-0.05, 0) is 52.1 Å². The number of carbonyl (C=O) groups excluding carboxylic acids is 1. The summed E-state index contributed by atoms with van der Waals surface area (Å²) in [6, 6.07) is 1.36. The highest BCUT2D eigenvalue weighted by Gasteiger charge is 2.38. The van der Waals surface area contributed by atoms with Gasteiger partial charge in [0.1, 0.15) is 6.04 Å². The van der Waals surface area contributed by atoms with E-state index < -0.39 is 0 Å². The Labute approximate surface area is 104 Å². The zero-order valence-electron chi connectivity index (χ0n) is 11.1. The maximum absolute atomic E-state index is 11.3. The molecular formula is C13H24N2O2. The molecule has 2 aliphatic heterocycles. The highest BCUT2D eigenvalue weighted by molar-refractivity contribution is 5.75. The fourth-order valence-electron chi connectivity index (χ4n) is 3.29. The monoisotopic (exact) mass is 240 g/mol. The third-order valence-electron chi connectivity index (χ3n) is 4.46. The van der Waals surface area contributed by atoms with Gasteiger partial charge in [0, 0.05) is 12.1 Å².